The number of anilines is 1. The molecular weight excluding hydrogens is 200 g/mol. The molecule has 1 aromatic carbocycles. The maximum Gasteiger partial charge on any atom is 0.339 e. The number of rotatable bonds is 2. The summed E-state index contributed by atoms with van der Waals surface area (Å²) in [6.07, 6.45) is 1.77. The van der Waals surface area contributed by atoms with Gasteiger partial charge in [-0.2, -0.15) is 0 Å². The third-order valence-corrected chi connectivity index (χ3v) is 2.35. The molecule has 2 aromatic rings. The molecule has 1 amide bonds. The Morgan fingerprint density at radius 2 is 1.88 bits per heavy atom. The third kappa shape index (κ3) is 2.25. The number of amides is 1. The Bertz CT molecular complexity index is 494. The fourth-order valence-corrected chi connectivity index (χ4v) is 1.49. The van der Waals surface area contributed by atoms with E-state index in [2.05, 4.69) is 10.3 Å². The van der Waals surface area contributed by atoms with Crippen molar-refractivity contribution < 1.29 is 9.78 Å². The summed E-state index contributed by atoms with van der Waals surface area (Å²) in [4.78, 5) is 14.9. The van der Waals surface area contributed by atoms with E-state index in [-0.39, 0.29) is 5.91 Å². The molecular formula is C13H13N2O+. The average Bonchev–Trinajstić information content (AvgIpc) is 2.31. The quantitative estimate of drug-likeness (QED) is 0.815. The van der Waals surface area contributed by atoms with Gasteiger partial charge in [0.15, 0.2) is 0 Å². The largest absolute Gasteiger partial charge is 0.339 e. The molecule has 0 spiro atoms. The van der Waals surface area contributed by atoms with E-state index in [1.54, 1.807) is 6.20 Å². The second-order valence-electron chi connectivity index (χ2n) is 3.55. The predicted octanol–water partition coefficient (Wildman–Crippen LogP) is 2.06. The van der Waals surface area contributed by atoms with E-state index in [4.69, 9.17) is 0 Å². The van der Waals surface area contributed by atoms with Gasteiger partial charge in [-0.15, -0.1) is 0 Å². The number of pyridine rings is 1. The van der Waals surface area contributed by atoms with Gasteiger partial charge in [-0.3, -0.25) is 0 Å². The van der Waals surface area contributed by atoms with Crippen molar-refractivity contribution in [2.45, 2.75) is 6.92 Å². The van der Waals surface area contributed by atoms with Gasteiger partial charge >= 0.3 is 5.91 Å². The minimum absolute atomic E-state index is 0.0967. The summed E-state index contributed by atoms with van der Waals surface area (Å²) < 4.78 is 0. The van der Waals surface area contributed by atoms with Crippen LogP contribution < -0.4 is 10.3 Å². The maximum atomic E-state index is 11.9. The summed E-state index contributed by atoms with van der Waals surface area (Å²) >= 11 is 0. The monoisotopic (exact) mass is 213 g/mol. The SMILES string of the molecule is Cc1ccccc1C(=O)Nc1cccc[nH+]1. The van der Waals surface area contributed by atoms with Crippen LogP contribution in [0.25, 0.3) is 0 Å². The lowest BCUT2D eigenvalue weighted by Gasteiger charge is -2.01. The van der Waals surface area contributed by atoms with E-state index >= 15 is 0 Å². The number of aryl methyl sites for hydroxylation is 1. The number of H-pyrrole nitrogens is 1. The van der Waals surface area contributed by atoms with Gasteiger partial charge in [0.1, 0.15) is 0 Å². The van der Waals surface area contributed by atoms with Gasteiger partial charge in [-0.05, 0) is 24.6 Å². The molecule has 0 unspecified atom stereocenters. The van der Waals surface area contributed by atoms with Crippen molar-refractivity contribution >= 4 is 11.7 Å². The first-order chi connectivity index (χ1) is 7.77. The molecule has 0 fully saturated rings. The van der Waals surface area contributed by atoms with Gasteiger partial charge in [-0.1, -0.05) is 24.3 Å². The van der Waals surface area contributed by atoms with Crippen molar-refractivity contribution in [3.8, 4) is 0 Å². The molecule has 80 valence electrons. The normalized spacial score (nSPS) is 9.81. The Morgan fingerprint density at radius 3 is 2.56 bits per heavy atom. The van der Waals surface area contributed by atoms with Crippen LogP contribution in [0.5, 0.6) is 0 Å². The van der Waals surface area contributed by atoms with Crippen LogP contribution in [0, 0.1) is 6.92 Å². The highest BCUT2D eigenvalue weighted by atomic mass is 16.1. The Labute approximate surface area is 94.1 Å². The number of carbonyl (C=O) groups excluding carboxylic acids is 1. The third-order valence-electron chi connectivity index (χ3n) is 2.35. The summed E-state index contributed by atoms with van der Waals surface area (Å²) in [7, 11) is 0. The molecule has 0 bridgehead atoms. The van der Waals surface area contributed by atoms with Crippen LogP contribution in [0.1, 0.15) is 15.9 Å². The highest BCUT2D eigenvalue weighted by molar-refractivity contribution is 6.04. The summed E-state index contributed by atoms with van der Waals surface area (Å²) in [6.45, 7) is 1.92. The molecule has 0 saturated heterocycles. The van der Waals surface area contributed by atoms with Crippen LogP contribution in [-0.2, 0) is 0 Å². The predicted molar refractivity (Wildman–Crippen MR) is 62.1 cm³/mol. The lowest BCUT2D eigenvalue weighted by atomic mass is 10.1. The van der Waals surface area contributed by atoms with Crippen LogP contribution >= 0.6 is 0 Å². The molecule has 2 N–H and O–H groups in total. The number of hydrogen-bond donors (Lipinski definition) is 1. The Balaban J connectivity index is 2.19. The zero-order chi connectivity index (χ0) is 11.4. The smallest absolute Gasteiger partial charge is 0.247 e. The lowest BCUT2D eigenvalue weighted by molar-refractivity contribution is -0.360. The Kier molecular flexibility index (Phi) is 2.96. The highest BCUT2D eigenvalue weighted by Crippen LogP contribution is 2.08. The van der Waals surface area contributed by atoms with Crippen LogP contribution in [0.2, 0.25) is 0 Å². The average molecular weight is 213 g/mol. The molecule has 3 nitrogen and oxygen atoms in total. The molecule has 3 heteroatoms. The molecule has 0 aliphatic carbocycles. The van der Waals surface area contributed by atoms with Crippen molar-refractivity contribution in [1.29, 1.82) is 0 Å². The van der Waals surface area contributed by atoms with Crippen molar-refractivity contribution in [3.63, 3.8) is 0 Å². The fourth-order valence-electron chi connectivity index (χ4n) is 1.49. The maximum absolute atomic E-state index is 11.9. The van der Waals surface area contributed by atoms with E-state index in [0.29, 0.717) is 11.4 Å². The van der Waals surface area contributed by atoms with E-state index < -0.39 is 0 Å². The molecule has 16 heavy (non-hydrogen) atoms. The van der Waals surface area contributed by atoms with Crippen molar-refractivity contribution in [2.75, 3.05) is 5.32 Å². The molecule has 1 aromatic heterocycles. The summed E-state index contributed by atoms with van der Waals surface area (Å²) in [5.74, 6) is 0.594. The Morgan fingerprint density at radius 1 is 1.12 bits per heavy atom. The van der Waals surface area contributed by atoms with Crippen LogP contribution in [-0.4, -0.2) is 5.91 Å². The second-order valence-corrected chi connectivity index (χ2v) is 3.55. The zero-order valence-corrected chi connectivity index (χ0v) is 9.03. The number of aromatic nitrogens is 1. The minimum atomic E-state index is -0.0967. The van der Waals surface area contributed by atoms with E-state index in [9.17, 15) is 4.79 Å². The summed E-state index contributed by atoms with van der Waals surface area (Å²) in [5.41, 5.74) is 1.66. The van der Waals surface area contributed by atoms with Crippen molar-refractivity contribution in [2.24, 2.45) is 0 Å². The van der Waals surface area contributed by atoms with Gasteiger partial charge in [0.05, 0.1) is 11.8 Å². The zero-order valence-electron chi connectivity index (χ0n) is 9.03. The lowest BCUT2D eigenvalue weighted by Crippen LogP contribution is -2.19. The molecule has 1 heterocycles. The molecule has 0 aliphatic heterocycles. The Hall–Kier alpha value is -2.16. The van der Waals surface area contributed by atoms with Gasteiger partial charge in [0, 0.05) is 6.07 Å². The number of benzene rings is 1. The molecule has 2 rings (SSSR count). The second kappa shape index (κ2) is 4.57. The number of hydrogen-bond acceptors (Lipinski definition) is 1. The van der Waals surface area contributed by atoms with Gasteiger partial charge in [0.25, 0.3) is 5.82 Å². The van der Waals surface area contributed by atoms with E-state index in [1.807, 2.05) is 49.4 Å². The summed E-state index contributed by atoms with van der Waals surface area (Å²) in [5, 5.41) is 2.80. The van der Waals surface area contributed by atoms with Gasteiger partial charge in [0.2, 0.25) is 0 Å². The number of nitrogens with one attached hydrogen (secondary N) is 2. The first-order valence-corrected chi connectivity index (χ1v) is 5.11. The number of aromatic amines is 1. The van der Waals surface area contributed by atoms with Gasteiger partial charge < -0.3 is 0 Å². The van der Waals surface area contributed by atoms with E-state index in [1.165, 1.54) is 0 Å². The van der Waals surface area contributed by atoms with E-state index in [0.717, 1.165) is 5.56 Å². The van der Waals surface area contributed by atoms with Crippen LogP contribution in [0.4, 0.5) is 5.82 Å². The van der Waals surface area contributed by atoms with Crippen LogP contribution in [0.3, 0.4) is 0 Å². The first kappa shape index (κ1) is 10.4. The number of carbonyl (C=O) groups is 1. The van der Waals surface area contributed by atoms with Crippen molar-refractivity contribution in [1.82, 2.24) is 0 Å². The highest BCUT2D eigenvalue weighted by Gasteiger charge is 2.13. The molecule has 0 aliphatic rings. The molecule has 0 atom stereocenters. The summed E-state index contributed by atoms with van der Waals surface area (Å²) in [6, 6.07) is 13.1. The first-order valence-electron chi connectivity index (χ1n) is 5.11. The van der Waals surface area contributed by atoms with Crippen molar-refractivity contribution in [3.05, 3.63) is 59.8 Å². The minimum Gasteiger partial charge on any atom is -0.247 e. The fraction of sp³-hybridized carbons (Fsp3) is 0.0769. The molecule has 0 saturated carbocycles. The topological polar surface area (TPSA) is 43.2 Å². The molecule has 0 radical (unpaired) electrons. The van der Waals surface area contributed by atoms with Gasteiger partial charge in [-0.25, -0.2) is 15.1 Å². The van der Waals surface area contributed by atoms with Crippen LogP contribution in [0.15, 0.2) is 48.7 Å². The standard InChI is InChI=1S/C13H12N2O/c1-10-6-2-3-7-11(10)13(16)15-12-8-4-5-9-14-12/h2-9H,1H3,(H,14,15,16)/p+1.